The zero-order chi connectivity index (χ0) is 27.0. The van der Waals surface area contributed by atoms with Gasteiger partial charge in [0.1, 0.15) is 18.1 Å². The summed E-state index contributed by atoms with van der Waals surface area (Å²) in [5, 5.41) is 19.4. The molecule has 0 spiro atoms. The van der Waals surface area contributed by atoms with Crippen LogP contribution in [-0.2, 0) is 6.54 Å². The van der Waals surface area contributed by atoms with E-state index in [9.17, 15) is 9.90 Å². The molecule has 1 fully saturated rings. The van der Waals surface area contributed by atoms with Crippen LogP contribution < -0.4 is 15.5 Å². The zero-order valence-corrected chi connectivity index (χ0v) is 22.3. The normalized spacial score (nSPS) is 15.7. The molecule has 1 aliphatic rings. The smallest absolute Gasteiger partial charge is 0.271 e. The molecule has 0 aromatic heterocycles. The Kier molecular flexibility index (Phi) is 8.73. The van der Waals surface area contributed by atoms with Crippen molar-refractivity contribution in [3.05, 3.63) is 107 Å². The number of nitrogens with one attached hydrogen (secondary N) is 2. The second kappa shape index (κ2) is 12.8. The number of phenols is 1. The zero-order valence-electron chi connectivity index (χ0n) is 21.5. The van der Waals surface area contributed by atoms with Crippen LogP contribution in [0, 0.1) is 0 Å². The van der Waals surface area contributed by atoms with Gasteiger partial charge in [0.2, 0.25) is 0 Å². The maximum Gasteiger partial charge on any atom is 0.271 e. The van der Waals surface area contributed by atoms with Crippen LogP contribution in [0.1, 0.15) is 27.9 Å². The van der Waals surface area contributed by atoms with Crippen molar-refractivity contribution in [3.8, 4) is 11.5 Å². The average Bonchev–Trinajstić information content (AvgIpc) is 3.40. The lowest BCUT2D eigenvalue weighted by Crippen LogP contribution is -2.35. The van der Waals surface area contributed by atoms with Crippen LogP contribution in [0.4, 0.5) is 0 Å². The molecule has 1 heterocycles. The van der Waals surface area contributed by atoms with Gasteiger partial charge in [0.25, 0.3) is 5.91 Å². The molecule has 39 heavy (non-hydrogen) atoms. The second-order valence-electron chi connectivity index (χ2n) is 9.57. The summed E-state index contributed by atoms with van der Waals surface area (Å²) in [4.78, 5) is 14.9. The molecule has 4 aromatic carbocycles. The first kappa shape index (κ1) is 26.7. The number of hydrazone groups is 1. The molecule has 5 rings (SSSR count). The Hall–Kier alpha value is -3.91. The highest BCUT2D eigenvalue weighted by molar-refractivity contribution is 6.32. The highest BCUT2D eigenvalue weighted by Crippen LogP contribution is 2.28. The Morgan fingerprint density at radius 3 is 2.67 bits per heavy atom. The van der Waals surface area contributed by atoms with E-state index < -0.39 is 5.91 Å². The minimum Gasteiger partial charge on any atom is -0.506 e. The fraction of sp³-hybridized carbons (Fsp3) is 0.226. The average molecular weight is 543 g/mol. The molecule has 1 saturated heterocycles. The number of carbonyl (C=O) groups excluding carboxylic acids is 1. The Labute approximate surface area is 233 Å². The van der Waals surface area contributed by atoms with Crippen LogP contribution in [0.15, 0.2) is 90.0 Å². The lowest BCUT2D eigenvalue weighted by atomic mass is 10.0. The van der Waals surface area contributed by atoms with Crippen molar-refractivity contribution in [2.24, 2.45) is 5.10 Å². The number of hydrogen-bond donors (Lipinski definition) is 3. The standard InChI is InChI=1S/C31H31ClN4O3/c32-28-18-23(10-12-29(28)37)31(38)35-34-19-24-11-13-30(27-9-5-4-8-26(24)27)39-17-15-33-25-14-16-36(21-25)20-22-6-2-1-3-7-22/h1-13,18-19,25,33,37H,14-17,20-21H2,(H,35,38). The van der Waals surface area contributed by atoms with Crippen LogP contribution in [0.3, 0.4) is 0 Å². The number of fused-ring (bicyclic) bond motifs is 1. The van der Waals surface area contributed by atoms with Crippen molar-refractivity contribution >= 4 is 34.5 Å². The van der Waals surface area contributed by atoms with Crippen molar-refractivity contribution in [1.82, 2.24) is 15.6 Å². The third kappa shape index (κ3) is 6.95. The summed E-state index contributed by atoms with van der Waals surface area (Å²) in [5.41, 5.74) is 5.01. The van der Waals surface area contributed by atoms with E-state index in [1.807, 2.05) is 36.4 Å². The number of likely N-dealkylation sites (tertiary alicyclic amines) is 1. The monoisotopic (exact) mass is 542 g/mol. The molecule has 3 N–H and O–H groups in total. The van der Waals surface area contributed by atoms with Gasteiger partial charge in [-0.05, 0) is 47.7 Å². The summed E-state index contributed by atoms with van der Waals surface area (Å²) >= 11 is 5.89. The molecule has 8 heteroatoms. The second-order valence-corrected chi connectivity index (χ2v) is 9.98. The van der Waals surface area contributed by atoms with Gasteiger partial charge in [-0.1, -0.05) is 66.2 Å². The molecule has 200 valence electrons. The summed E-state index contributed by atoms with van der Waals surface area (Å²) in [6, 6.07) is 27.1. The number of hydrogen-bond acceptors (Lipinski definition) is 6. The Balaban J connectivity index is 1.13. The molecule has 1 unspecified atom stereocenters. The number of aromatic hydroxyl groups is 1. The number of halogens is 1. The van der Waals surface area contributed by atoms with Crippen molar-refractivity contribution in [3.63, 3.8) is 0 Å². The minimum atomic E-state index is -0.421. The van der Waals surface area contributed by atoms with E-state index in [0.29, 0.717) is 18.2 Å². The fourth-order valence-electron chi connectivity index (χ4n) is 4.81. The predicted molar refractivity (Wildman–Crippen MR) is 156 cm³/mol. The number of carbonyl (C=O) groups is 1. The van der Waals surface area contributed by atoms with Crippen LogP contribution in [-0.4, -0.2) is 54.4 Å². The Morgan fingerprint density at radius 2 is 1.85 bits per heavy atom. The van der Waals surface area contributed by atoms with Gasteiger partial charge in [-0.15, -0.1) is 0 Å². The molecule has 1 amide bonds. The fourth-order valence-corrected chi connectivity index (χ4v) is 5.00. The maximum absolute atomic E-state index is 12.4. The first-order chi connectivity index (χ1) is 19.1. The molecule has 0 aliphatic carbocycles. The molecule has 0 saturated carbocycles. The summed E-state index contributed by atoms with van der Waals surface area (Å²) in [5.74, 6) is 0.310. The molecule has 1 aliphatic heterocycles. The highest BCUT2D eigenvalue weighted by atomic mass is 35.5. The first-order valence-electron chi connectivity index (χ1n) is 13.0. The van der Waals surface area contributed by atoms with Gasteiger partial charge < -0.3 is 15.2 Å². The van der Waals surface area contributed by atoms with Gasteiger partial charge in [-0.2, -0.15) is 5.10 Å². The van der Waals surface area contributed by atoms with E-state index in [1.54, 1.807) is 6.21 Å². The van der Waals surface area contributed by atoms with E-state index in [2.05, 4.69) is 51.1 Å². The van der Waals surface area contributed by atoms with Crippen LogP contribution in [0.2, 0.25) is 5.02 Å². The SMILES string of the molecule is O=C(NN=Cc1ccc(OCCNC2CCN(Cc3ccccc3)C2)c2ccccc12)c1ccc(O)c(Cl)c1. The van der Waals surface area contributed by atoms with E-state index in [0.717, 1.165) is 54.7 Å². The number of rotatable bonds is 10. The number of nitrogens with zero attached hydrogens (tertiary/aromatic N) is 2. The number of benzene rings is 4. The minimum absolute atomic E-state index is 0.0784. The van der Waals surface area contributed by atoms with E-state index >= 15 is 0 Å². The number of ether oxygens (including phenoxy) is 1. The van der Waals surface area contributed by atoms with Crippen molar-refractivity contribution in [2.75, 3.05) is 26.2 Å². The summed E-state index contributed by atoms with van der Waals surface area (Å²) < 4.78 is 6.15. The first-order valence-corrected chi connectivity index (χ1v) is 13.4. The van der Waals surface area contributed by atoms with Gasteiger partial charge in [0.15, 0.2) is 0 Å². The molecular formula is C31H31ClN4O3. The van der Waals surface area contributed by atoms with Crippen molar-refractivity contribution < 1.29 is 14.6 Å². The third-order valence-corrected chi connectivity index (χ3v) is 7.11. The van der Waals surface area contributed by atoms with E-state index in [4.69, 9.17) is 16.3 Å². The van der Waals surface area contributed by atoms with Crippen molar-refractivity contribution in [2.45, 2.75) is 19.0 Å². The van der Waals surface area contributed by atoms with Gasteiger partial charge >= 0.3 is 0 Å². The molecule has 0 radical (unpaired) electrons. The molecule has 7 nitrogen and oxygen atoms in total. The van der Waals surface area contributed by atoms with E-state index in [-0.39, 0.29) is 10.8 Å². The van der Waals surface area contributed by atoms with Crippen molar-refractivity contribution in [1.29, 1.82) is 0 Å². The Bertz CT molecular complexity index is 1460. The lowest BCUT2D eigenvalue weighted by molar-refractivity contribution is 0.0955. The maximum atomic E-state index is 12.4. The quantitative estimate of drug-likeness (QED) is 0.146. The van der Waals surface area contributed by atoms with Crippen LogP contribution in [0.25, 0.3) is 10.8 Å². The lowest BCUT2D eigenvalue weighted by Gasteiger charge is -2.17. The van der Waals surface area contributed by atoms with E-state index in [1.165, 1.54) is 23.8 Å². The van der Waals surface area contributed by atoms with Gasteiger partial charge in [-0.3, -0.25) is 9.69 Å². The third-order valence-electron chi connectivity index (χ3n) is 6.81. The van der Waals surface area contributed by atoms with Gasteiger partial charge in [0, 0.05) is 48.7 Å². The number of phenolic OH excluding ortho intramolecular Hbond substituents is 1. The highest BCUT2D eigenvalue weighted by Gasteiger charge is 2.21. The Morgan fingerprint density at radius 1 is 1.05 bits per heavy atom. The van der Waals surface area contributed by atoms with Gasteiger partial charge in [-0.25, -0.2) is 5.43 Å². The molecule has 0 bridgehead atoms. The number of amides is 1. The van der Waals surface area contributed by atoms with Crippen LogP contribution >= 0.6 is 11.6 Å². The summed E-state index contributed by atoms with van der Waals surface area (Å²) in [7, 11) is 0. The van der Waals surface area contributed by atoms with Crippen LogP contribution in [0.5, 0.6) is 11.5 Å². The molecule has 4 aromatic rings. The topological polar surface area (TPSA) is 86.2 Å². The van der Waals surface area contributed by atoms with Gasteiger partial charge in [0.05, 0.1) is 11.2 Å². The summed E-state index contributed by atoms with van der Waals surface area (Å²) in [6.07, 6.45) is 2.75. The summed E-state index contributed by atoms with van der Waals surface area (Å²) in [6.45, 7) is 4.48. The largest absolute Gasteiger partial charge is 0.506 e. The molecule has 1 atom stereocenters. The predicted octanol–water partition coefficient (Wildman–Crippen LogP) is 5.21. The molecular weight excluding hydrogens is 512 g/mol.